The average Bonchev–Trinajstić information content (AvgIpc) is 3.24. The summed E-state index contributed by atoms with van der Waals surface area (Å²) >= 11 is 0. The monoisotopic (exact) mass is 443 g/mol. The Morgan fingerprint density at radius 2 is 1.67 bits per heavy atom. The van der Waals surface area contributed by atoms with Gasteiger partial charge in [-0.15, -0.1) is 0 Å². The van der Waals surface area contributed by atoms with Crippen molar-refractivity contribution in [3.05, 3.63) is 71.9 Å². The number of hydrogen-bond donors (Lipinski definition) is 1. The van der Waals surface area contributed by atoms with E-state index in [0.29, 0.717) is 6.54 Å². The minimum atomic E-state index is 0.662. The average molecular weight is 444 g/mol. The van der Waals surface area contributed by atoms with Crippen molar-refractivity contribution in [3.63, 3.8) is 0 Å². The number of aromatic nitrogens is 4. The third kappa shape index (κ3) is 4.75. The second-order valence-corrected chi connectivity index (χ2v) is 8.33. The van der Waals surface area contributed by atoms with Gasteiger partial charge in [0, 0.05) is 46.3 Å². The smallest absolute Gasteiger partial charge is 0.229 e. The van der Waals surface area contributed by atoms with E-state index in [2.05, 4.69) is 62.7 Å². The molecule has 33 heavy (non-hydrogen) atoms. The largest absolute Gasteiger partial charge is 0.497 e. The number of hydrogen-bond acceptors (Lipinski definition) is 7. The fourth-order valence-corrected chi connectivity index (χ4v) is 4.16. The number of fused-ring (bicyclic) bond motifs is 1. The van der Waals surface area contributed by atoms with Crippen LogP contribution >= 0.6 is 0 Å². The first-order valence-corrected chi connectivity index (χ1v) is 11.3. The number of aryl methyl sites for hydroxylation is 1. The molecule has 3 heterocycles. The van der Waals surface area contributed by atoms with Gasteiger partial charge in [0.1, 0.15) is 11.6 Å². The number of nitrogens with zero attached hydrogens (tertiary/aromatic N) is 6. The number of ether oxygens (including phenoxy) is 1. The Kier molecular flexibility index (Phi) is 6.08. The lowest BCUT2D eigenvalue weighted by Gasteiger charge is -2.34. The topological polar surface area (TPSA) is 71.3 Å². The molecule has 170 valence electrons. The van der Waals surface area contributed by atoms with Crippen LogP contribution < -0.4 is 15.0 Å². The van der Waals surface area contributed by atoms with Crippen molar-refractivity contribution in [2.45, 2.75) is 13.1 Å². The van der Waals surface area contributed by atoms with Crippen LogP contribution in [0.4, 0.5) is 11.8 Å². The Morgan fingerprint density at radius 3 is 2.39 bits per heavy atom. The molecule has 1 aliphatic rings. The van der Waals surface area contributed by atoms with E-state index in [-0.39, 0.29) is 0 Å². The molecule has 0 amide bonds. The Hall–Kier alpha value is -3.65. The third-order valence-electron chi connectivity index (χ3n) is 6.10. The van der Waals surface area contributed by atoms with Gasteiger partial charge >= 0.3 is 0 Å². The van der Waals surface area contributed by atoms with E-state index in [9.17, 15) is 0 Å². The molecule has 8 heteroatoms. The Bertz CT molecular complexity index is 1200. The Labute approximate surface area is 193 Å². The van der Waals surface area contributed by atoms with Gasteiger partial charge in [-0.3, -0.25) is 9.58 Å². The summed E-state index contributed by atoms with van der Waals surface area (Å²) in [6.45, 7) is 5.40. The first-order chi connectivity index (χ1) is 16.2. The van der Waals surface area contributed by atoms with Crippen LogP contribution in [0.1, 0.15) is 11.1 Å². The van der Waals surface area contributed by atoms with Crippen LogP contribution in [-0.4, -0.2) is 57.9 Å². The third-order valence-corrected chi connectivity index (χ3v) is 6.10. The molecule has 0 radical (unpaired) electrons. The number of benzene rings is 2. The van der Waals surface area contributed by atoms with Crippen LogP contribution in [0.25, 0.3) is 11.0 Å². The fraction of sp³-hybridized carbons (Fsp3) is 0.320. The van der Waals surface area contributed by atoms with Crippen molar-refractivity contribution >= 4 is 22.8 Å². The van der Waals surface area contributed by atoms with Crippen molar-refractivity contribution in [2.75, 3.05) is 43.5 Å². The van der Waals surface area contributed by atoms with Gasteiger partial charge in [0.05, 0.1) is 18.7 Å². The molecule has 0 aliphatic carbocycles. The Morgan fingerprint density at radius 1 is 0.909 bits per heavy atom. The molecular weight excluding hydrogens is 414 g/mol. The zero-order valence-electron chi connectivity index (χ0n) is 19.1. The molecule has 5 rings (SSSR count). The standard InChI is InChI=1S/C25H29N7O/c1-30-24-22(17-27-30)23(26-16-19-8-10-21(33-2)11-9-19)28-25(29-24)32-14-12-31(13-15-32)18-20-6-4-3-5-7-20/h3-11,17H,12-16,18H2,1-2H3,(H,26,28,29). The highest BCUT2D eigenvalue weighted by Crippen LogP contribution is 2.25. The first-order valence-electron chi connectivity index (χ1n) is 11.3. The van der Waals surface area contributed by atoms with Crippen LogP contribution in [0.2, 0.25) is 0 Å². The maximum Gasteiger partial charge on any atom is 0.229 e. The molecule has 2 aromatic carbocycles. The van der Waals surface area contributed by atoms with Gasteiger partial charge in [-0.05, 0) is 23.3 Å². The summed E-state index contributed by atoms with van der Waals surface area (Å²) in [4.78, 5) is 14.5. The van der Waals surface area contributed by atoms with Crippen LogP contribution in [0.3, 0.4) is 0 Å². The van der Waals surface area contributed by atoms with Gasteiger partial charge in [0.15, 0.2) is 5.65 Å². The molecule has 2 aromatic heterocycles. The minimum Gasteiger partial charge on any atom is -0.497 e. The van der Waals surface area contributed by atoms with Gasteiger partial charge in [-0.1, -0.05) is 42.5 Å². The van der Waals surface area contributed by atoms with E-state index >= 15 is 0 Å². The highest BCUT2D eigenvalue weighted by molar-refractivity contribution is 5.87. The molecule has 0 spiro atoms. The SMILES string of the molecule is COc1ccc(CNc2nc(N3CCN(Cc4ccccc4)CC3)nc3c2cnn3C)cc1. The zero-order valence-corrected chi connectivity index (χ0v) is 19.1. The van der Waals surface area contributed by atoms with Crippen LogP contribution in [-0.2, 0) is 20.1 Å². The molecule has 1 N–H and O–H groups in total. The predicted molar refractivity (Wildman–Crippen MR) is 131 cm³/mol. The number of anilines is 2. The van der Waals surface area contributed by atoms with E-state index in [0.717, 1.165) is 66.8 Å². The van der Waals surface area contributed by atoms with E-state index in [1.807, 2.05) is 30.1 Å². The maximum absolute atomic E-state index is 5.26. The van der Waals surface area contributed by atoms with Gasteiger partial charge in [0.2, 0.25) is 5.95 Å². The highest BCUT2D eigenvalue weighted by atomic mass is 16.5. The second-order valence-electron chi connectivity index (χ2n) is 8.33. The van der Waals surface area contributed by atoms with Crippen LogP contribution in [0.15, 0.2) is 60.8 Å². The molecule has 0 unspecified atom stereocenters. The van der Waals surface area contributed by atoms with E-state index < -0.39 is 0 Å². The summed E-state index contributed by atoms with van der Waals surface area (Å²) < 4.78 is 7.07. The second kappa shape index (κ2) is 9.46. The van der Waals surface area contributed by atoms with Crippen molar-refractivity contribution in [2.24, 2.45) is 7.05 Å². The number of piperazine rings is 1. The lowest BCUT2D eigenvalue weighted by Crippen LogP contribution is -2.46. The predicted octanol–water partition coefficient (Wildman–Crippen LogP) is 3.31. The molecule has 1 aliphatic heterocycles. The number of methoxy groups -OCH3 is 1. The van der Waals surface area contributed by atoms with Crippen LogP contribution in [0, 0.1) is 0 Å². The minimum absolute atomic E-state index is 0.662. The van der Waals surface area contributed by atoms with Gasteiger partial charge in [-0.2, -0.15) is 15.1 Å². The van der Waals surface area contributed by atoms with Crippen molar-refractivity contribution in [1.82, 2.24) is 24.6 Å². The van der Waals surface area contributed by atoms with Crippen molar-refractivity contribution < 1.29 is 4.74 Å². The van der Waals surface area contributed by atoms with Crippen molar-refractivity contribution in [1.29, 1.82) is 0 Å². The molecule has 0 atom stereocenters. The lowest BCUT2D eigenvalue weighted by atomic mass is 10.2. The van der Waals surface area contributed by atoms with E-state index in [1.165, 1.54) is 5.56 Å². The van der Waals surface area contributed by atoms with Crippen LogP contribution in [0.5, 0.6) is 5.75 Å². The number of nitrogens with one attached hydrogen (secondary N) is 1. The summed E-state index contributed by atoms with van der Waals surface area (Å²) in [5, 5.41) is 8.83. The Balaban J connectivity index is 1.30. The first kappa shape index (κ1) is 21.2. The lowest BCUT2D eigenvalue weighted by molar-refractivity contribution is 0.249. The van der Waals surface area contributed by atoms with Gasteiger partial charge < -0.3 is 15.0 Å². The quantitative estimate of drug-likeness (QED) is 0.470. The summed E-state index contributed by atoms with van der Waals surface area (Å²) in [6, 6.07) is 18.7. The zero-order chi connectivity index (χ0) is 22.6. The highest BCUT2D eigenvalue weighted by Gasteiger charge is 2.21. The van der Waals surface area contributed by atoms with Gasteiger partial charge in [-0.25, -0.2) is 0 Å². The van der Waals surface area contributed by atoms with E-state index in [4.69, 9.17) is 14.7 Å². The number of rotatable bonds is 7. The molecule has 8 nitrogen and oxygen atoms in total. The molecule has 1 saturated heterocycles. The maximum atomic E-state index is 5.26. The van der Waals surface area contributed by atoms with Crippen molar-refractivity contribution in [3.8, 4) is 5.75 Å². The normalized spacial score (nSPS) is 14.5. The van der Waals surface area contributed by atoms with E-state index in [1.54, 1.807) is 7.11 Å². The molecule has 0 bridgehead atoms. The summed E-state index contributed by atoms with van der Waals surface area (Å²) in [7, 11) is 3.60. The summed E-state index contributed by atoms with van der Waals surface area (Å²) in [6.07, 6.45) is 1.83. The van der Waals surface area contributed by atoms with Gasteiger partial charge in [0.25, 0.3) is 0 Å². The molecule has 1 fully saturated rings. The summed E-state index contributed by atoms with van der Waals surface area (Å²) in [5.74, 6) is 2.41. The molecule has 0 saturated carbocycles. The molecular formula is C25H29N7O. The molecule has 4 aromatic rings. The summed E-state index contributed by atoms with van der Waals surface area (Å²) in [5.41, 5.74) is 3.34. The fourth-order valence-electron chi connectivity index (χ4n) is 4.16.